The van der Waals surface area contributed by atoms with Crippen LogP contribution in [0.1, 0.15) is 23.7 Å². The molecule has 1 aliphatic heterocycles. The molecule has 2 rings (SSSR count). The molecule has 13 heavy (non-hydrogen) atoms. The first kappa shape index (κ1) is 8.21. The third kappa shape index (κ3) is 1.68. The molecule has 3 heteroatoms. The van der Waals surface area contributed by atoms with Crippen molar-refractivity contribution in [1.82, 2.24) is 10.3 Å². The Bertz CT molecular complexity index is 334. The van der Waals surface area contributed by atoms with Gasteiger partial charge in [-0.1, -0.05) is 6.07 Å². The van der Waals surface area contributed by atoms with Gasteiger partial charge in [-0.3, -0.25) is 0 Å². The van der Waals surface area contributed by atoms with Crippen LogP contribution in [0.3, 0.4) is 0 Å². The van der Waals surface area contributed by atoms with E-state index in [1.54, 1.807) is 6.07 Å². The summed E-state index contributed by atoms with van der Waals surface area (Å²) in [6.07, 6.45) is 1.13. The highest BCUT2D eigenvalue weighted by molar-refractivity contribution is 5.24. The van der Waals surface area contributed by atoms with E-state index in [2.05, 4.69) is 16.4 Å². The van der Waals surface area contributed by atoms with Crippen molar-refractivity contribution in [3.05, 3.63) is 29.6 Å². The van der Waals surface area contributed by atoms with E-state index >= 15 is 0 Å². The Labute approximate surface area is 77.4 Å². The summed E-state index contributed by atoms with van der Waals surface area (Å²) < 4.78 is 0. The summed E-state index contributed by atoms with van der Waals surface area (Å²) in [5, 5.41) is 12.0. The molecule has 1 N–H and O–H groups in total. The van der Waals surface area contributed by atoms with Crippen LogP contribution in [0.2, 0.25) is 0 Å². The Balaban J connectivity index is 2.25. The quantitative estimate of drug-likeness (QED) is 0.690. The maximum atomic E-state index is 8.68. The fourth-order valence-corrected chi connectivity index (χ4v) is 1.65. The number of nitrogens with one attached hydrogen (secondary N) is 1. The second-order valence-electron chi connectivity index (χ2n) is 3.25. The number of hydrogen-bond acceptors (Lipinski definition) is 3. The Morgan fingerprint density at radius 2 is 2.46 bits per heavy atom. The van der Waals surface area contributed by atoms with Gasteiger partial charge in [-0.2, -0.15) is 5.26 Å². The zero-order valence-electron chi connectivity index (χ0n) is 7.33. The van der Waals surface area contributed by atoms with Gasteiger partial charge >= 0.3 is 0 Å². The van der Waals surface area contributed by atoms with Gasteiger partial charge in [0, 0.05) is 18.2 Å². The van der Waals surface area contributed by atoms with Crippen LogP contribution in [0, 0.1) is 11.3 Å². The monoisotopic (exact) mass is 173 g/mol. The highest BCUT2D eigenvalue weighted by Crippen LogP contribution is 2.19. The van der Waals surface area contributed by atoms with E-state index in [9.17, 15) is 0 Å². The van der Waals surface area contributed by atoms with Gasteiger partial charge in [0.1, 0.15) is 11.8 Å². The normalized spacial score (nSPS) is 21.3. The Kier molecular flexibility index (Phi) is 2.24. The number of nitrogens with zero attached hydrogens (tertiary/aromatic N) is 2. The zero-order chi connectivity index (χ0) is 9.10. The summed E-state index contributed by atoms with van der Waals surface area (Å²) in [5.74, 6) is 0.494. The first-order valence-corrected chi connectivity index (χ1v) is 4.48. The van der Waals surface area contributed by atoms with E-state index in [0.717, 1.165) is 25.2 Å². The van der Waals surface area contributed by atoms with Crippen LogP contribution in [0.4, 0.5) is 0 Å². The number of hydrogen-bond donors (Lipinski definition) is 1. The van der Waals surface area contributed by atoms with Crippen molar-refractivity contribution in [3.63, 3.8) is 0 Å². The summed E-state index contributed by atoms with van der Waals surface area (Å²) in [7, 11) is 0. The van der Waals surface area contributed by atoms with Gasteiger partial charge < -0.3 is 5.32 Å². The third-order valence-electron chi connectivity index (χ3n) is 2.36. The minimum absolute atomic E-state index is 0.494. The van der Waals surface area contributed by atoms with Crippen molar-refractivity contribution in [2.24, 2.45) is 0 Å². The molecule has 0 radical (unpaired) electrons. The van der Waals surface area contributed by atoms with E-state index in [1.165, 1.54) is 0 Å². The molecule has 1 fully saturated rings. The van der Waals surface area contributed by atoms with E-state index < -0.39 is 0 Å². The topological polar surface area (TPSA) is 48.7 Å². The van der Waals surface area contributed by atoms with Gasteiger partial charge in [0.15, 0.2) is 0 Å². The lowest BCUT2D eigenvalue weighted by molar-refractivity contribution is 0.733. The summed E-state index contributed by atoms with van der Waals surface area (Å²) in [6, 6.07) is 7.70. The van der Waals surface area contributed by atoms with Crippen molar-refractivity contribution >= 4 is 0 Å². The number of nitriles is 1. The largest absolute Gasteiger partial charge is 0.316 e. The fraction of sp³-hybridized carbons (Fsp3) is 0.400. The molecule has 1 aromatic heterocycles. The molecule has 1 aromatic rings. The molecule has 66 valence electrons. The lowest BCUT2D eigenvalue weighted by Crippen LogP contribution is -2.09. The first-order chi connectivity index (χ1) is 6.40. The SMILES string of the molecule is N#Cc1cccc(C2CCNC2)n1. The van der Waals surface area contributed by atoms with Crippen LogP contribution in [-0.2, 0) is 0 Å². The van der Waals surface area contributed by atoms with Crippen LogP contribution in [0.5, 0.6) is 0 Å². The standard InChI is InChI=1S/C10H11N3/c11-6-9-2-1-3-10(13-9)8-4-5-12-7-8/h1-3,8,12H,4-5,7H2. The molecule has 1 atom stereocenters. The molecule has 0 amide bonds. The highest BCUT2D eigenvalue weighted by atomic mass is 14.9. The average molecular weight is 173 g/mol. The first-order valence-electron chi connectivity index (χ1n) is 4.48. The molecular formula is C10H11N3. The molecule has 0 aromatic carbocycles. The summed E-state index contributed by atoms with van der Waals surface area (Å²) >= 11 is 0. The van der Waals surface area contributed by atoms with Gasteiger partial charge in [0.25, 0.3) is 0 Å². The molecule has 0 spiro atoms. The number of pyridine rings is 1. The predicted molar refractivity (Wildman–Crippen MR) is 49.2 cm³/mol. The highest BCUT2D eigenvalue weighted by Gasteiger charge is 2.17. The smallest absolute Gasteiger partial charge is 0.140 e. The maximum absolute atomic E-state index is 8.68. The minimum Gasteiger partial charge on any atom is -0.316 e. The maximum Gasteiger partial charge on any atom is 0.140 e. The van der Waals surface area contributed by atoms with Crippen LogP contribution >= 0.6 is 0 Å². The Morgan fingerprint density at radius 3 is 3.15 bits per heavy atom. The number of aromatic nitrogens is 1. The summed E-state index contributed by atoms with van der Waals surface area (Å²) in [5.41, 5.74) is 1.56. The van der Waals surface area contributed by atoms with Crippen molar-refractivity contribution in [3.8, 4) is 6.07 Å². The second-order valence-corrected chi connectivity index (χ2v) is 3.25. The van der Waals surface area contributed by atoms with Crippen LogP contribution in [0.15, 0.2) is 18.2 Å². The Hall–Kier alpha value is -1.40. The molecule has 0 bridgehead atoms. The molecule has 2 heterocycles. The lowest BCUT2D eigenvalue weighted by Gasteiger charge is -2.06. The minimum atomic E-state index is 0.494. The second kappa shape index (κ2) is 3.55. The summed E-state index contributed by atoms with van der Waals surface area (Å²) in [6.45, 7) is 2.05. The van der Waals surface area contributed by atoms with Crippen LogP contribution in [0.25, 0.3) is 0 Å². The number of rotatable bonds is 1. The van der Waals surface area contributed by atoms with E-state index in [4.69, 9.17) is 5.26 Å². The van der Waals surface area contributed by atoms with Crippen molar-refractivity contribution in [1.29, 1.82) is 5.26 Å². The zero-order valence-corrected chi connectivity index (χ0v) is 7.33. The summed E-state index contributed by atoms with van der Waals surface area (Å²) in [4.78, 5) is 4.27. The van der Waals surface area contributed by atoms with Gasteiger partial charge in [-0.05, 0) is 25.1 Å². The molecule has 1 aliphatic rings. The lowest BCUT2D eigenvalue weighted by atomic mass is 10.0. The third-order valence-corrected chi connectivity index (χ3v) is 2.36. The Morgan fingerprint density at radius 1 is 1.54 bits per heavy atom. The molecule has 0 aliphatic carbocycles. The molecule has 1 saturated heterocycles. The van der Waals surface area contributed by atoms with Crippen LogP contribution < -0.4 is 5.32 Å². The molecule has 3 nitrogen and oxygen atoms in total. The fourth-order valence-electron chi connectivity index (χ4n) is 1.65. The molecule has 1 unspecified atom stereocenters. The predicted octanol–water partition coefficient (Wildman–Crippen LogP) is 1.03. The van der Waals surface area contributed by atoms with Crippen molar-refractivity contribution < 1.29 is 0 Å². The average Bonchev–Trinajstić information content (AvgIpc) is 2.71. The van der Waals surface area contributed by atoms with Crippen molar-refractivity contribution in [2.75, 3.05) is 13.1 Å². The molecular weight excluding hydrogens is 162 g/mol. The van der Waals surface area contributed by atoms with E-state index in [1.807, 2.05) is 12.1 Å². The molecule has 0 saturated carbocycles. The van der Waals surface area contributed by atoms with Gasteiger partial charge in [-0.25, -0.2) is 4.98 Å². The van der Waals surface area contributed by atoms with E-state index in [0.29, 0.717) is 11.6 Å². The van der Waals surface area contributed by atoms with E-state index in [-0.39, 0.29) is 0 Å². The van der Waals surface area contributed by atoms with Gasteiger partial charge in [0.2, 0.25) is 0 Å². The van der Waals surface area contributed by atoms with Crippen molar-refractivity contribution in [2.45, 2.75) is 12.3 Å². The van der Waals surface area contributed by atoms with Crippen LogP contribution in [-0.4, -0.2) is 18.1 Å². The van der Waals surface area contributed by atoms with Gasteiger partial charge in [-0.15, -0.1) is 0 Å². The van der Waals surface area contributed by atoms with Gasteiger partial charge in [0.05, 0.1) is 0 Å².